The molecule has 0 aliphatic carbocycles. The summed E-state index contributed by atoms with van der Waals surface area (Å²) in [6.07, 6.45) is 1.74. The first-order chi connectivity index (χ1) is 8.77. The van der Waals surface area contributed by atoms with Crippen LogP contribution in [0.5, 0.6) is 0 Å². The summed E-state index contributed by atoms with van der Waals surface area (Å²) in [5, 5.41) is 2.52. The largest absolute Gasteiger partial charge is 0.468 e. The number of hydrogen-bond donors (Lipinski definition) is 0. The number of fused-ring (bicyclic) bond motifs is 1. The molecule has 0 aliphatic rings. The Morgan fingerprint density at radius 1 is 1.00 bits per heavy atom. The van der Waals surface area contributed by atoms with Crippen LogP contribution in [0.2, 0.25) is 0 Å². The molecule has 3 aromatic rings. The van der Waals surface area contributed by atoms with Crippen LogP contribution in [-0.4, -0.2) is 0 Å². The van der Waals surface area contributed by atoms with Gasteiger partial charge in [0.25, 0.3) is 0 Å². The molecule has 1 aromatic heterocycles. The fourth-order valence-electron chi connectivity index (χ4n) is 2.26. The quantitative estimate of drug-likeness (QED) is 0.591. The average molecular weight is 301 g/mol. The minimum absolute atomic E-state index is 0.0959. The molecule has 0 bridgehead atoms. The van der Waals surface area contributed by atoms with Crippen LogP contribution in [0.4, 0.5) is 0 Å². The molecule has 1 heterocycles. The van der Waals surface area contributed by atoms with E-state index in [9.17, 15) is 0 Å². The van der Waals surface area contributed by atoms with Crippen molar-refractivity contribution >= 4 is 26.7 Å². The fraction of sp³-hybridized carbons (Fsp3) is 0.125. The number of hydrogen-bond acceptors (Lipinski definition) is 1. The Morgan fingerprint density at radius 2 is 1.78 bits per heavy atom. The highest BCUT2D eigenvalue weighted by Gasteiger charge is 2.17. The Morgan fingerprint density at radius 3 is 2.56 bits per heavy atom. The summed E-state index contributed by atoms with van der Waals surface area (Å²) in [7, 11) is 0. The van der Waals surface area contributed by atoms with Crippen molar-refractivity contribution in [1.82, 2.24) is 0 Å². The van der Waals surface area contributed by atoms with E-state index in [2.05, 4.69) is 65.3 Å². The predicted molar refractivity (Wildman–Crippen MR) is 78.2 cm³/mol. The summed E-state index contributed by atoms with van der Waals surface area (Å²) in [6.45, 7) is 2.07. The van der Waals surface area contributed by atoms with Gasteiger partial charge < -0.3 is 4.42 Å². The van der Waals surface area contributed by atoms with E-state index in [-0.39, 0.29) is 4.83 Å². The van der Waals surface area contributed by atoms with Crippen LogP contribution in [-0.2, 0) is 0 Å². The highest BCUT2D eigenvalue weighted by Crippen LogP contribution is 2.36. The summed E-state index contributed by atoms with van der Waals surface area (Å²) in [5.41, 5.74) is 2.41. The van der Waals surface area contributed by atoms with Crippen molar-refractivity contribution in [3.63, 3.8) is 0 Å². The topological polar surface area (TPSA) is 13.1 Å². The summed E-state index contributed by atoms with van der Waals surface area (Å²) in [5.74, 6) is 0.978. The van der Waals surface area contributed by atoms with Gasteiger partial charge in [-0.25, -0.2) is 0 Å². The SMILES string of the molecule is Cc1ccoc1C(Br)c1cccc2ccccc12. The van der Waals surface area contributed by atoms with Gasteiger partial charge in [0.2, 0.25) is 0 Å². The Kier molecular flexibility index (Phi) is 2.96. The van der Waals surface area contributed by atoms with Gasteiger partial charge in [-0.1, -0.05) is 58.4 Å². The molecule has 0 saturated carbocycles. The third kappa shape index (κ3) is 1.87. The summed E-state index contributed by atoms with van der Waals surface area (Å²) in [4.78, 5) is 0.0959. The van der Waals surface area contributed by atoms with Gasteiger partial charge in [-0.3, -0.25) is 0 Å². The zero-order chi connectivity index (χ0) is 12.5. The van der Waals surface area contributed by atoms with Gasteiger partial charge in [-0.05, 0) is 34.9 Å². The molecule has 2 heteroatoms. The van der Waals surface area contributed by atoms with Crippen molar-refractivity contribution in [2.45, 2.75) is 11.8 Å². The molecule has 0 fully saturated rings. The second-order valence-corrected chi connectivity index (χ2v) is 5.31. The number of benzene rings is 2. The maximum Gasteiger partial charge on any atom is 0.124 e. The van der Waals surface area contributed by atoms with Crippen molar-refractivity contribution in [1.29, 1.82) is 0 Å². The Bertz CT molecular complexity index is 679. The molecule has 1 nitrogen and oxygen atoms in total. The number of furan rings is 1. The monoisotopic (exact) mass is 300 g/mol. The van der Waals surface area contributed by atoms with E-state index >= 15 is 0 Å². The van der Waals surface area contributed by atoms with E-state index in [0.717, 1.165) is 5.76 Å². The van der Waals surface area contributed by atoms with E-state index < -0.39 is 0 Å². The van der Waals surface area contributed by atoms with Crippen LogP contribution in [0.15, 0.2) is 59.2 Å². The van der Waals surface area contributed by atoms with Crippen molar-refractivity contribution in [2.24, 2.45) is 0 Å². The zero-order valence-electron chi connectivity index (χ0n) is 10.1. The van der Waals surface area contributed by atoms with Gasteiger partial charge in [0.05, 0.1) is 11.1 Å². The molecule has 0 aliphatic heterocycles. The minimum Gasteiger partial charge on any atom is -0.468 e. The third-order valence-corrected chi connectivity index (χ3v) is 4.14. The Hall–Kier alpha value is -1.54. The van der Waals surface area contributed by atoms with Crippen LogP contribution < -0.4 is 0 Å². The molecule has 0 radical (unpaired) electrons. The molecule has 1 atom stereocenters. The van der Waals surface area contributed by atoms with E-state index in [1.807, 2.05) is 6.07 Å². The van der Waals surface area contributed by atoms with Gasteiger partial charge in [0, 0.05) is 0 Å². The van der Waals surface area contributed by atoms with Gasteiger partial charge in [0.1, 0.15) is 5.76 Å². The maximum atomic E-state index is 5.58. The van der Waals surface area contributed by atoms with Crippen molar-refractivity contribution in [3.05, 3.63) is 71.7 Å². The Labute approximate surface area is 115 Å². The molecule has 2 aromatic carbocycles. The van der Waals surface area contributed by atoms with Gasteiger partial charge in [-0.15, -0.1) is 0 Å². The summed E-state index contributed by atoms with van der Waals surface area (Å²) in [6, 6.07) is 16.8. The smallest absolute Gasteiger partial charge is 0.124 e. The van der Waals surface area contributed by atoms with Crippen LogP contribution in [0.3, 0.4) is 0 Å². The summed E-state index contributed by atoms with van der Waals surface area (Å²) >= 11 is 3.75. The molecule has 0 spiro atoms. The standard InChI is InChI=1S/C16H13BrO/c1-11-9-10-18-16(11)15(17)14-8-4-6-12-5-2-3-7-13(12)14/h2-10,15H,1H3. The highest BCUT2D eigenvalue weighted by molar-refractivity contribution is 9.09. The first-order valence-corrected chi connectivity index (χ1v) is 6.84. The lowest BCUT2D eigenvalue weighted by molar-refractivity contribution is 0.517. The fourth-order valence-corrected chi connectivity index (χ4v) is 3.13. The van der Waals surface area contributed by atoms with Crippen LogP contribution in [0.1, 0.15) is 21.7 Å². The molecule has 0 amide bonds. The average Bonchev–Trinajstić information content (AvgIpc) is 2.83. The van der Waals surface area contributed by atoms with E-state index in [4.69, 9.17) is 4.42 Å². The lowest BCUT2D eigenvalue weighted by atomic mass is 10.0. The number of rotatable bonds is 2. The predicted octanol–water partition coefficient (Wildman–Crippen LogP) is 5.23. The molecule has 0 N–H and O–H groups in total. The normalized spacial score (nSPS) is 12.8. The first kappa shape index (κ1) is 11.5. The van der Waals surface area contributed by atoms with E-state index in [1.54, 1.807) is 6.26 Å². The number of aryl methyl sites for hydroxylation is 1. The van der Waals surface area contributed by atoms with Gasteiger partial charge in [0.15, 0.2) is 0 Å². The van der Waals surface area contributed by atoms with Crippen molar-refractivity contribution in [3.8, 4) is 0 Å². The van der Waals surface area contributed by atoms with Gasteiger partial charge in [-0.2, -0.15) is 0 Å². The van der Waals surface area contributed by atoms with Crippen molar-refractivity contribution in [2.75, 3.05) is 0 Å². The molecule has 18 heavy (non-hydrogen) atoms. The number of alkyl halides is 1. The second-order valence-electron chi connectivity index (χ2n) is 4.40. The second kappa shape index (κ2) is 4.62. The lowest BCUT2D eigenvalue weighted by Gasteiger charge is -2.12. The van der Waals surface area contributed by atoms with Crippen LogP contribution in [0.25, 0.3) is 10.8 Å². The lowest BCUT2D eigenvalue weighted by Crippen LogP contribution is -1.94. The number of halogens is 1. The maximum absolute atomic E-state index is 5.58. The van der Waals surface area contributed by atoms with Crippen LogP contribution >= 0.6 is 15.9 Å². The first-order valence-electron chi connectivity index (χ1n) is 5.93. The molecule has 0 saturated heterocycles. The zero-order valence-corrected chi connectivity index (χ0v) is 11.6. The van der Waals surface area contributed by atoms with Crippen molar-refractivity contribution < 1.29 is 4.42 Å². The Balaban J connectivity index is 2.18. The van der Waals surface area contributed by atoms with E-state index in [0.29, 0.717) is 0 Å². The minimum atomic E-state index is 0.0959. The molecular weight excluding hydrogens is 288 g/mol. The van der Waals surface area contributed by atoms with Crippen LogP contribution in [0, 0.1) is 6.92 Å². The highest BCUT2D eigenvalue weighted by atomic mass is 79.9. The molecule has 1 unspecified atom stereocenters. The van der Waals surface area contributed by atoms with Gasteiger partial charge >= 0.3 is 0 Å². The third-order valence-electron chi connectivity index (χ3n) is 3.23. The molecular formula is C16H13BrO. The molecule has 90 valence electrons. The summed E-state index contributed by atoms with van der Waals surface area (Å²) < 4.78 is 5.58. The van der Waals surface area contributed by atoms with E-state index in [1.165, 1.54) is 21.9 Å². The molecule has 3 rings (SSSR count).